The van der Waals surface area contributed by atoms with Gasteiger partial charge in [0.15, 0.2) is 0 Å². The van der Waals surface area contributed by atoms with Crippen LogP contribution in [0.5, 0.6) is 0 Å². The normalized spacial score (nSPS) is 19.3. The average molecular weight is 182 g/mol. The number of likely N-dealkylation sites (tertiary alicyclic amines) is 1. The molecule has 0 spiro atoms. The van der Waals surface area contributed by atoms with Gasteiger partial charge in [-0.2, -0.15) is 0 Å². The van der Waals surface area contributed by atoms with Gasteiger partial charge in [0.25, 0.3) is 0 Å². The molecule has 0 bridgehead atoms. The molecule has 1 rings (SSSR count). The van der Waals surface area contributed by atoms with Gasteiger partial charge in [-0.1, -0.05) is 20.8 Å². The van der Waals surface area contributed by atoms with Crippen LogP contribution in [-0.2, 0) is 0 Å². The second-order valence-electron chi connectivity index (χ2n) is 5.20. The quantitative estimate of drug-likeness (QED) is 0.698. The average Bonchev–Trinajstić information content (AvgIpc) is 2.01. The molecular formula is C11H22N2. The van der Waals surface area contributed by atoms with E-state index in [4.69, 9.17) is 5.41 Å². The molecule has 0 radical (unpaired) electrons. The van der Waals surface area contributed by atoms with Crippen LogP contribution in [0.25, 0.3) is 0 Å². The molecule has 1 N–H and O–H groups in total. The first kappa shape index (κ1) is 10.6. The summed E-state index contributed by atoms with van der Waals surface area (Å²) in [5, 5.41) is 7.78. The van der Waals surface area contributed by atoms with Crippen LogP contribution in [0, 0.1) is 10.8 Å². The molecule has 1 saturated heterocycles. The SMILES string of the molecule is CC(C)(C)CCN1CCCCC1=N. The van der Waals surface area contributed by atoms with Gasteiger partial charge in [0, 0.05) is 19.5 Å². The van der Waals surface area contributed by atoms with E-state index in [1.807, 2.05) is 0 Å². The largest absolute Gasteiger partial charge is 0.361 e. The van der Waals surface area contributed by atoms with E-state index in [0.29, 0.717) is 5.41 Å². The van der Waals surface area contributed by atoms with Gasteiger partial charge in [0.05, 0.1) is 5.84 Å². The lowest BCUT2D eigenvalue weighted by molar-refractivity contribution is 0.288. The molecule has 0 aromatic carbocycles. The molecule has 1 heterocycles. The monoisotopic (exact) mass is 182 g/mol. The first-order valence-electron chi connectivity index (χ1n) is 5.31. The summed E-state index contributed by atoms with van der Waals surface area (Å²) in [6, 6.07) is 0. The molecular weight excluding hydrogens is 160 g/mol. The highest BCUT2D eigenvalue weighted by Gasteiger charge is 2.17. The number of hydrogen-bond acceptors (Lipinski definition) is 1. The Balaban J connectivity index is 2.31. The predicted octanol–water partition coefficient (Wildman–Crippen LogP) is 2.89. The van der Waals surface area contributed by atoms with Gasteiger partial charge < -0.3 is 4.90 Å². The lowest BCUT2D eigenvalue weighted by atomic mass is 9.92. The summed E-state index contributed by atoms with van der Waals surface area (Å²) < 4.78 is 0. The highest BCUT2D eigenvalue weighted by atomic mass is 15.2. The van der Waals surface area contributed by atoms with Crippen molar-refractivity contribution in [3.8, 4) is 0 Å². The molecule has 13 heavy (non-hydrogen) atoms. The van der Waals surface area contributed by atoms with Gasteiger partial charge in [-0.15, -0.1) is 0 Å². The molecule has 1 aliphatic rings. The summed E-state index contributed by atoms with van der Waals surface area (Å²) in [6.45, 7) is 8.97. The van der Waals surface area contributed by atoms with E-state index in [0.717, 1.165) is 25.3 Å². The van der Waals surface area contributed by atoms with Crippen LogP contribution in [-0.4, -0.2) is 23.8 Å². The van der Waals surface area contributed by atoms with E-state index in [2.05, 4.69) is 25.7 Å². The summed E-state index contributed by atoms with van der Waals surface area (Å²) in [7, 11) is 0. The third-order valence-corrected chi connectivity index (χ3v) is 2.61. The molecule has 0 aliphatic carbocycles. The molecule has 2 nitrogen and oxygen atoms in total. The molecule has 0 aromatic rings. The van der Waals surface area contributed by atoms with Crippen molar-refractivity contribution in [1.82, 2.24) is 4.90 Å². The van der Waals surface area contributed by atoms with Gasteiger partial charge >= 0.3 is 0 Å². The number of nitrogens with zero attached hydrogens (tertiary/aromatic N) is 1. The number of nitrogens with one attached hydrogen (secondary N) is 1. The third kappa shape index (κ3) is 3.79. The maximum Gasteiger partial charge on any atom is 0.0957 e. The molecule has 0 aromatic heterocycles. The summed E-state index contributed by atoms with van der Waals surface area (Å²) in [5.74, 6) is 0.857. The van der Waals surface area contributed by atoms with Crippen LogP contribution in [0.4, 0.5) is 0 Å². The van der Waals surface area contributed by atoms with Gasteiger partial charge in [0.1, 0.15) is 0 Å². The summed E-state index contributed by atoms with van der Waals surface area (Å²) >= 11 is 0. The first-order valence-corrected chi connectivity index (χ1v) is 5.31. The van der Waals surface area contributed by atoms with E-state index in [1.54, 1.807) is 0 Å². The minimum Gasteiger partial charge on any atom is -0.361 e. The van der Waals surface area contributed by atoms with E-state index in [1.165, 1.54) is 19.3 Å². The fourth-order valence-corrected chi connectivity index (χ4v) is 1.61. The molecule has 1 fully saturated rings. The van der Waals surface area contributed by atoms with Crippen molar-refractivity contribution in [2.45, 2.75) is 46.5 Å². The zero-order chi connectivity index (χ0) is 9.90. The van der Waals surface area contributed by atoms with Gasteiger partial charge in [-0.05, 0) is 24.7 Å². The topological polar surface area (TPSA) is 27.1 Å². The van der Waals surface area contributed by atoms with E-state index >= 15 is 0 Å². The van der Waals surface area contributed by atoms with Crippen molar-refractivity contribution in [1.29, 1.82) is 5.41 Å². The molecule has 76 valence electrons. The Bertz CT molecular complexity index is 179. The van der Waals surface area contributed by atoms with Crippen LogP contribution in [0.1, 0.15) is 46.5 Å². The van der Waals surface area contributed by atoms with Crippen LogP contribution in [0.2, 0.25) is 0 Å². The lowest BCUT2D eigenvalue weighted by Crippen LogP contribution is -2.36. The van der Waals surface area contributed by atoms with Crippen LogP contribution < -0.4 is 0 Å². The molecule has 0 saturated carbocycles. The van der Waals surface area contributed by atoms with Crippen molar-refractivity contribution in [3.63, 3.8) is 0 Å². The Morgan fingerprint density at radius 1 is 1.31 bits per heavy atom. The Labute approximate surface area is 81.8 Å². The third-order valence-electron chi connectivity index (χ3n) is 2.61. The van der Waals surface area contributed by atoms with Gasteiger partial charge in [-0.25, -0.2) is 0 Å². The number of hydrogen-bond donors (Lipinski definition) is 1. The van der Waals surface area contributed by atoms with Crippen LogP contribution in [0.3, 0.4) is 0 Å². The molecule has 1 aliphatic heterocycles. The maximum atomic E-state index is 7.78. The molecule has 0 amide bonds. The second-order valence-corrected chi connectivity index (χ2v) is 5.20. The van der Waals surface area contributed by atoms with Crippen molar-refractivity contribution < 1.29 is 0 Å². The van der Waals surface area contributed by atoms with Crippen molar-refractivity contribution >= 4 is 5.84 Å². The fraction of sp³-hybridized carbons (Fsp3) is 0.909. The Morgan fingerprint density at radius 3 is 2.54 bits per heavy atom. The van der Waals surface area contributed by atoms with Crippen molar-refractivity contribution in [2.24, 2.45) is 5.41 Å². The van der Waals surface area contributed by atoms with Crippen LogP contribution >= 0.6 is 0 Å². The van der Waals surface area contributed by atoms with Crippen molar-refractivity contribution in [2.75, 3.05) is 13.1 Å². The molecule has 0 unspecified atom stereocenters. The van der Waals surface area contributed by atoms with Crippen LogP contribution in [0.15, 0.2) is 0 Å². The predicted molar refractivity (Wildman–Crippen MR) is 57.2 cm³/mol. The van der Waals surface area contributed by atoms with E-state index in [9.17, 15) is 0 Å². The number of amidine groups is 1. The number of rotatable bonds is 2. The van der Waals surface area contributed by atoms with E-state index in [-0.39, 0.29) is 0 Å². The van der Waals surface area contributed by atoms with E-state index < -0.39 is 0 Å². The first-order chi connectivity index (χ1) is 5.99. The zero-order valence-electron chi connectivity index (χ0n) is 9.19. The minimum atomic E-state index is 0.401. The Kier molecular flexibility index (Phi) is 3.34. The smallest absolute Gasteiger partial charge is 0.0957 e. The highest BCUT2D eigenvalue weighted by molar-refractivity contribution is 5.79. The zero-order valence-corrected chi connectivity index (χ0v) is 9.19. The Morgan fingerprint density at radius 2 is 2.00 bits per heavy atom. The summed E-state index contributed by atoms with van der Waals surface area (Å²) in [4.78, 5) is 2.24. The standard InChI is InChI=1S/C11H22N2/c1-11(2,3)7-9-13-8-5-4-6-10(13)12/h12H,4-9H2,1-3H3. The number of piperidine rings is 1. The summed E-state index contributed by atoms with van der Waals surface area (Å²) in [6.07, 6.45) is 4.66. The second kappa shape index (κ2) is 4.12. The summed E-state index contributed by atoms with van der Waals surface area (Å²) in [5.41, 5.74) is 0.401. The molecule has 0 atom stereocenters. The Hall–Kier alpha value is -0.530. The fourth-order valence-electron chi connectivity index (χ4n) is 1.61. The highest BCUT2D eigenvalue weighted by Crippen LogP contribution is 2.20. The molecule has 2 heteroatoms. The van der Waals surface area contributed by atoms with Gasteiger partial charge in [-0.3, -0.25) is 5.41 Å². The lowest BCUT2D eigenvalue weighted by Gasteiger charge is -2.31. The van der Waals surface area contributed by atoms with Gasteiger partial charge in [0.2, 0.25) is 0 Å². The van der Waals surface area contributed by atoms with Crippen molar-refractivity contribution in [3.05, 3.63) is 0 Å². The minimum absolute atomic E-state index is 0.401. The maximum absolute atomic E-state index is 7.78.